The number of esters is 1. The maximum absolute atomic E-state index is 11.7. The monoisotopic (exact) mass is 310 g/mol. The second-order valence-electron chi connectivity index (χ2n) is 5.04. The molecule has 0 spiro atoms. The molecule has 0 radical (unpaired) electrons. The molecule has 1 unspecified atom stereocenters. The first-order chi connectivity index (χ1) is 9.74. The minimum Gasteiger partial charge on any atom is -0.468 e. The van der Waals surface area contributed by atoms with Crippen molar-refractivity contribution < 1.29 is 17.9 Å². The fourth-order valence-electron chi connectivity index (χ4n) is 2.31. The van der Waals surface area contributed by atoms with Crippen LogP contribution in [0.2, 0.25) is 0 Å². The summed E-state index contributed by atoms with van der Waals surface area (Å²) in [7, 11) is -2.00. The number of hydrogen-bond donors (Lipinski definition) is 2. The van der Waals surface area contributed by atoms with Gasteiger partial charge in [-0.05, 0) is 30.7 Å². The van der Waals surface area contributed by atoms with Gasteiger partial charge in [0.15, 0.2) is 9.84 Å². The van der Waals surface area contributed by atoms with Gasteiger partial charge in [0.2, 0.25) is 0 Å². The zero-order valence-electron chi connectivity index (χ0n) is 12.1. The highest BCUT2D eigenvalue weighted by Gasteiger charge is 2.19. The molecular formula is C14H18N2O4S. The molecule has 0 aliphatic heterocycles. The largest absolute Gasteiger partial charge is 0.468 e. The van der Waals surface area contributed by atoms with Gasteiger partial charge in [-0.25, -0.2) is 8.42 Å². The Morgan fingerprint density at radius 2 is 2.10 bits per heavy atom. The van der Waals surface area contributed by atoms with Crippen molar-refractivity contribution in [3.8, 4) is 0 Å². The van der Waals surface area contributed by atoms with Crippen LogP contribution >= 0.6 is 0 Å². The molecule has 0 bridgehead atoms. The highest BCUT2D eigenvalue weighted by molar-refractivity contribution is 7.90. The van der Waals surface area contributed by atoms with Crippen molar-refractivity contribution in [1.82, 2.24) is 4.98 Å². The summed E-state index contributed by atoms with van der Waals surface area (Å²) in [4.78, 5) is 14.9. The minimum absolute atomic E-state index is 0.238. The summed E-state index contributed by atoms with van der Waals surface area (Å²) in [5.41, 5.74) is 8.29. The van der Waals surface area contributed by atoms with Crippen LogP contribution in [0.25, 0.3) is 10.9 Å². The van der Waals surface area contributed by atoms with E-state index in [0.29, 0.717) is 0 Å². The molecular weight excluding hydrogens is 292 g/mol. The molecule has 0 saturated carbocycles. The summed E-state index contributed by atoms with van der Waals surface area (Å²) in [5, 5.41) is 0.759. The molecule has 0 aliphatic carbocycles. The lowest BCUT2D eigenvalue weighted by Crippen LogP contribution is -2.33. The van der Waals surface area contributed by atoms with Crippen molar-refractivity contribution in [2.45, 2.75) is 24.3 Å². The van der Waals surface area contributed by atoms with Crippen LogP contribution < -0.4 is 5.73 Å². The predicted molar refractivity (Wildman–Crippen MR) is 79.8 cm³/mol. The van der Waals surface area contributed by atoms with Crippen molar-refractivity contribution in [2.24, 2.45) is 5.73 Å². The first kappa shape index (κ1) is 15.5. The van der Waals surface area contributed by atoms with Gasteiger partial charge >= 0.3 is 5.97 Å². The standard InChI is InChI=1S/C14H18N2O4S/c1-8-10(7-12(15)14(17)20-2)11-6-9(21(3,18)19)4-5-13(11)16-8/h4-6,12,16H,7,15H2,1-3H3. The smallest absolute Gasteiger partial charge is 0.322 e. The third kappa shape index (κ3) is 3.08. The van der Waals surface area contributed by atoms with Gasteiger partial charge in [0.1, 0.15) is 6.04 Å². The van der Waals surface area contributed by atoms with Crippen molar-refractivity contribution in [1.29, 1.82) is 0 Å². The summed E-state index contributed by atoms with van der Waals surface area (Å²) >= 11 is 0. The number of rotatable bonds is 4. The molecule has 3 N–H and O–H groups in total. The second kappa shape index (κ2) is 5.50. The summed E-state index contributed by atoms with van der Waals surface area (Å²) < 4.78 is 27.9. The summed E-state index contributed by atoms with van der Waals surface area (Å²) in [6, 6.07) is 4.09. The number of aryl methyl sites for hydroxylation is 1. The van der Waals surface area contributed by atoms with Gasteiger partial charge in [0.25, 0.3) is 0 Å². The third-order valence-electron chi connectivity index (χ3n) is 3.45. The van der Waals surface area contributed by atoms with Gasteiger partial charge in [-0.1, -0.05) is 0 Å². The Balaban J connectivity index is 2.52. The van der Waals surface area contributed by atoms with Crippen LogP contribution in [0.1, 0.15) is 11.3 Å². The van der Waals surface area contributed by atoms with E-state index in [1.165, 1.54) is 7.11 Å². The SMILES string of the molecule is COC(=O)C(N)Cc1c(C)[nH]c2ccc(S(C)(=O)=O)cc12. The van der Waals surface area contributed by atoms with Crippen LogP contribution in [0.4, 0.5) is 0 Å². The van der Waals surface area contributed by atoms with E-state index in [2.05, 4.69) is 9.72 Å². The van der Waals surface area contributed by atoms with Gasteiger partial charge in [-0.2, -0.15) is 0 Å². The van der Waals surface area contributed by atoms with E-state index >= 15 is 0 Å². The average molecular weight is 310 g/mol. The Kier molecular flexibility index (Phi) is 4.06. The molecule has 0 saturated heterocycles. The van der Waals surface area contributed by atoms with Crippen LogP contribution in [0, 0.1) is 6.92 Å². The molecule has 0 aliphatic rings. The molecule has 1 aromatic heterocycles. The first-order valence-electron chi connectivity index (χ1n) is 6.38. The number of carbonyl (C=O) groups is 1. The Labute approximate surface area is 123 Å². The quantitative estimate of drug-likeness (QED) is 0.818. The van der Waals surface area contributed by atoms with Crippen molar-refractivity contribution in [2.75, 3.05) is 13.4 Å². The zero-order valence-corrected chi connectivity index (χ0v) is 13.0. The maximum Gasteiger partial charge on any atom is 0.322 e. The van der Waals surface area contributed by atoms with Crippen LogP contribution in [-0.4, -0.2) is 38.8 Å². The molecule has 1 heterocycles. The Morgan fingerprint density at radius 3 is 2.67 bits per heavy atom. The van der Waals surface area contributed by atoms with E-state index in [0.717, 1.165) is 28.4 Å². The minimum atomic E-state index is -3.29. The van der Waals surface area contributed by atoms with E-state index < -0.39 is 21.8 Å². The Bertz CT molecular complexity index is 793. The summed E-state index contributed by atoms with van der Waals surface area (Å²) in [5.74, 6) is -0.497. The van der Waals surface area contributed by atoms with Crippen LogP contribution in [-0.2, 0) is 25.8 Å². The topological polar surface area (TPSA) is 102 Å². The van der Waals surface area contributed by atoms with Gasteiger partial charge in [0, 0.05) is 29.3 Å². The van der Waals surface area contributed by atoms with E-state index in [1.807, 2.05) is 6.92 Å². The van der Waals surface area contributed by atoms with Crippen LogP contribution in [0.3, 0.4) is 0 Å². The molecule has 7 heteroatoms. The third-order valence-corrected chi connectivity index (χ3v) is 4.56. The second-order valence-corrected chi connectivity index (χ2v) is 7.06. The van der Waals surface area contributed by atoms with E-state index in [4.69, 9.17) is 5.73 Å². The fraction of sp³-hybridized carbons (Fsp3) is 0.357. The number of methoxy groups -OCH3 is 1. The van der Waals surface area contributed by atoms with Gasteiger partial charge < -0.3 is 15.5 Å². The summed E-state index contributed by atoms with van der Waals surface area (Å²) in [6.07, 6.45) is 1.44. The molecule has 2 aromatic rings. The number of ether oxygens (including phenoxy) is 1. The number of carbonyl (C=O) groups excluding carboxylic acids is 1. The first-order valence-corrected chi connectivity index (χ1v) is 8.28. The lowest BCUT2D eigenvalue weighted by atomic mass is 10.0. The number of aromatic nitrogens is 1. The van der Waals surface area contributed by atoms with Crippen LogP contribution in [0.15, 0.2) is 23.1 Å². The molecule has 1 aromatic carbocycles. The number of fused-ring (bicyclic) bond motifs is 1. The zero-order chi connectivity index (χ0) is 15.8. The average Bonchev–Trinajstić information content (AvgIpc) is 2.72. The number of nitrogens with one attached hydrogen (secondary N) is 1. The number of H-pyrrole nitrogens is 1. The predicted octanol–water partition coefficient (Wildman–Crippen LogP) is 0.923. The molecule has 114 valence electrons. The van der Waals surface area contributed by atoms with Gasteiger partial charge in [0.05, 0.1) is 12.0 Å². The van der Waals surface area contributed by atoms with E-state index in [9.17, 15) is 13.2 Å². The number of nitrogens with two attached hydrogens (primary N) is 1. The summed E-state index contributed by atoms with van der Waals surface area (Å²) in [6.45, 7) is 1.86. The van der Waals surface area contributed by atoms with Crippen molar-refractivity contribution in [3.63, 3.8) is 0 Å². The molecule has 21 heavy (non-hydrogen) atoms. The number of hydrogen-bond acceptors (Lipinski definition) is 5. The normalized spacial score (nSPS) is 13.3. The number of sulfone groups is 1. The lowest BCUT2D eigenvalue weighted by Gasteiger charge is -2.09. The van der Waals surface area contributed by atoms with Gasteiger partial charge in [-0.15, -0.1) is 0 Å². The highest BCUT2D eigenvalue weighted by atomic mass is 32.2. The molecule has 0 fully saturated rings. The highest BCUT2D eigenvalue weighted by Crippen LogP contribution is 2.26. The Morgan fingerprint density at radius 1 is 1.43 bits per heavy atom. The van der Waals surface area contributed by atoms with Crippen molar-refractivity contribution in [3.05, 3.63) is 29.5 Å². The van der Waals surface area contributed by atoms with Gasteiger partial charge in [-0.3, -0.25) is 4.79 Å². The number of aromatic amines is 1. The van der Waals surface area contributed by atoms with E-state index in [-0.39, 0.29) is 11.3 Å². The molecule has 1 atom stereocenters. The maximum atomic E-state index is 11.7. The van der Waals surface area contributed by atoms with Crippen molar-refractivity contribution >= 4 is 26.7 Å². The lowest BCUT2D eigenvalue weighted by molar-refractivity contribution is -0.142. The fourth-order valence-corrected chi connectivity index (χ4v) is 2.96. The molecule has 0 amide bonds. The number of benzene rings is 1. The Hall–Kier alpha value is -1.86. The molecule has 2 rings (SSSR count). The molecule has 6 nitrogen and oxygen atoms in total. The van der Waals surface area contributed by atoms with E-state index in [1.54, 1.807) is 18.2 Å². The van der Waals surface area contributed by atoms with Crippen LogP contribution in [0.5, 0.6) is 0 Å².